The summed E-state index contributed by atoms with van der Waals surface area (Å²) in [6.07, 6.45) is -8.35. The molecule has 0 aliphatic rings. The summed E-state index contributed by atoms with van der Waals surface area (Å²) in [4.78, 5) is 15.8. The predicted molar refractivity (Wildman–Crippen MR) is 91.2 cm³/mol. The van der Waals surface area contributed by atoms with E-state index in [1.165, 1.54) is 19.2 Å². The third-order valence-electron chi connectivity index (χ3n) is 4.47. The van der Waals surface area contributed by atoms with E-state index in [0.29, 0.717) is 0 Å². The number of pyridine rings is 1. The van der Waals surface area contributed by atoms with Crippen LogP contribution in [-0.4, -0.2) is 19.2 Å². The zero-order valence-electron chi connectivity index (χ0n) is 14.5. The molecule has 0 aliphatic carbocycles. The third kappa shape index (κ3) is 3.12. The van der Waals surface area contributed by atoms with Gasteiger partial charge in [-0.3, -0.25) is 14.3 Å². The average Bonchev–Trinajstić information content (AvgIpc) is 3.10. The molecule has 0 fully saturated rings. The summed E-state index contributed by atoms with van der Waals surface area (Å²) in [5, 5.41) is 4.15. The van der Waals surface area contributed by atoms with Crippen LogP contribution >= 0.6 is 0 Å². The van der Waals surface area contributed by atoms with Gasteiger partial charge in [0.2, 0.25) is 0 Å². The lowest BCUT2D eigenvalue weighted by atomic mass is 10.1. The zero-order chi connectivity index (χ0) is 21.1. The number of rotatable bonds is 1. The van der Waals surface area contributed by atoms with Crippen molar-refractivity contribution < 1.29 is 26.3 Å². The zero-order valence-corrected chi connectivity index (χ0v) is 14.5. The van der Waals surface area contributed by atoms with Crippen LogP contribution in [0.3, 0.4) is 0 Å². The molecule has 0 radical (unpaired) electrons. The van der Waals surface area contributed by atoms with Crippen molar-refractivity contribution in [3.8, 4) is 11.3 Å². The van der Waals surface area contributed by atoms with Crippen LogP contribution in [0.15, 0.2) is 47.4 Å². The van der Waals surface area contributed by atoms with Crippen molar-refractivity contribution in [1.29, 1.82) is 0 Å². The molecule has 150 valence electrons. The van der Waals surface area contributed by atoms with Gasteiger partial charge in [0.15, 0.2) is 0 Å². The number of alkyl halides is 6. The second-order valence-electron chi connectivity index (χ2n) is 6.32. The monoisotopic (exact) mass is 412 g/mol. The highest BCUT2D eigenvalue weighted by Crippen LogP contribution is 2.32. The number of fused-ring (bicyclic) bond motifs is 3. The van der Waals surface area contributed by atoms with Crippen molar-refractivity contribution in [2.75, 3.05) is 0 Å². The fraction of sp³-hybridized carbons (Fsp3) is 0.167. The van der Waals surface area contributed by atoms with Crippen LogP contribution in [0.1, 0.15) is 11.3 Å². The van der Waals surface area contributed by atoms with E-state index in [1.54, 1.807) is 0 Å². The average molecular weight is 412 g/mol. The molecule has 0 N–H and O–H groups in total. The maximum Gasteiger partial charge on any atom is 0.433 e. The van der Waals surface area contributed by atoms with Gasteiger partial charge in [-0.25, -0.2) is 4.52 Å². The Labute approximate surface area is 157 Å². The quantitative estimate of drug-likeness (QED) is 0.439. The number of nitrogens with zero attached hydrogens (tertiary/aromatic N) is 4. The summed E-state index contributed by atoms with van der Waals surface area (Å²) < 4.78 is 80.3. The van der Waals surface area contributed by atoms with Gasteiger partial charge in [0.25, 0.3) is 5.56 Å². The second kappa shape index (κ2) is 6.06. The van der Waals surface area contributed by atoms with Gasteiger partial charge in [0.1, 0.15) is 11.3 Å². The van der Waals surface area contributed by atoms with Gasteiger partial charge >= 0.3 is 12.4 Å². The Hall–Kier alpha value is -3.37. The molecule has 0 saturated heterocycles. The normalized spacial score (nSPS) is 12.8. The van der Waals surface area contributed by atoms with Crippen molar-refractivity contribution in [2.45, 2.75) is 12.4 Å². The topological polar surface area (TPSA) is 52.2 Å². The second-order valence-corrected chi connectivity index (χ2v) is 6.32. The molecule has 29 heavy (non-hydrogen) atoms. The van der Waals surface area contributed by atoms with Crippen molar-refractivity contribution in [3.05, 3.63) is 64.2 Å². The summed E-state index contributed by atoms with van der Waals surface area (Å²) >= 11 is 0. The van der Waals surface area contributed by atoms with E-state index in [1.807, 2.05) is 0 Å². The Morgan fingerprint density at radius 1 is 0.931 bits per heavy atom. The maximum absolute atomic E-state index is 13.1. The Morgan fingerprint density at radius 2 is 1.66 bits per heavy atom. The molecular weight excluding hydrogens is 402 g/mol. The number of aryl methyl sites for hydroxylation is 1. The van der Waals surface area contributed by atoms with Gasteiger partial charge in [0.05, 0.1) is 22.2 Å². The van der Waals surface area contributed by atoms with Crippen LogP contribution in [-0.2, 0) is 19.4 Å². The predicted octanol–water partition coefficient (Wildman–Crippen LogP) is 4.29. The van der Waals surface area contributed by atoms with Gasteiger partial charge in [-0.2, -0.15) is 31.4 Å². The first-order valence-electron chi connectivity index (χ1n) is 8.10. The molecule has 5 nitrogen and oxygen atoms in total. The largest absolute Gasteiger partial charge is 0.433 e. The van der Waals surface area contributed by atoms with Crippen molar-refractivity contribution in [1.82, 2.24) is 19.2 Å². The highest BCUT2D eigenvalue weighted by molar-refractivity contribution is 5.82. The van der Waals surface area contributed by atoms with Crippen molar-refractivity contribution >= 4 is 16.6 Å². The third-order valence-corrected chi connectivity index (χ3v) is 4.47. The van der Waals surface area contributed by atoms with E-state index < -0.39 is 29.2 Å². The molecule has 3 heterocycles. The molecular formula is C18H10F6N4O. The maximum atomic E-state index is 13.1. The fourth-order valence-electron chi connectivity index (χ4n) is 3.02. The number of benzene rings is 1. The Bertz CT molecular complexity index is 1320. The summed E-state index contributed by atoms with van der Waals surface area (Å²) in [6, 6.07) is 6.03. The van der Waals surface area contributed by atoms with Crippen LogP contribution in [0.2, 0.25) is 0 Å². The molecule has 0 atom stereocenters. The SMILES string of the molecule is Cn1c(=O)c2ccc(C(F)(F)F)cc2n2nc(-c3ccnc(C(F)(F)F)c3)cc12. The highest BCUT2D eigenvalue weighted by Gasteiger charge is 2.33. The van der Waals surface area contributed by atoms with Crippen molar-refractivity contribution in [3.63, 3.8) is 0 Å². The summed E-state index contributed by atoms with van der Waals surface area (Å²) in [5.41, 5.74) is -2.53. The Morgan fingerprint density at radius 3 is 2.31 bits per heavy atom. The minimum atomic E-state index is -4.67. The molecule has 0 amide bonds. The van der Waals surface area contributed by atoms with Crippen LogP contribution in [0, 0.1) is 0 Å². The first kappa shape index (κ1) is 19.0. The molecule has 4 rings (SSSR count). The molecule has 11 heteroatoms. The number of aromatic nitrogens is 4. The van der Waals surface area contributed by atoms with Gasteiger partial charge in [-0.15, -0.1) is 0 Å². The first-order valence-corrected chi connectivity index (χ1v) is 8.10. The molecule has 0 aliphatic heterocycles. The van der Waals surface area contributed by atoms with E-state index >= 15 is 0 Å². The van der Waals surface area contributed by atoms with Gasteiger partial charge < -0.3 is 0 Å². The smallest absolute Gasteiger partial charge is 0.296 e. The van der Waals surface area contributed by atoms with Crippen molar-refractivity contribution in [2.24, 2.45) is 7.05 Å². The van der Waals surface area contributed by atoms with Gasteiger partial charge in [-0.05, 0) is 30.3 Å². The molecule has 0 bridgehead atoms. The van der Waals surface area contributed by atoms with Crippen LogP contribution in [0.4, 0.5) is 26.3 Å². The molecule has 3 aromatic heterocycles. The molecule has 1 aromatic carbocycles. The molecule has 0 saturated carbocycles. The highest BCUT2D eigenvalue weighted by atomic mass is 19.4. The number of halogens is 6. The molecule has 0 spiro atoms. The summed E-state index contributed by atoms with van der Waals surface area (Å²) in [7, 11) is 1.40. The van der Waals surface area contributed by atoms with E-state index in [4.69, 9.17) is 0 Å². The van der Waals surface area contributed by atoms with E-state index in [9.17, 15) is 31.1 Å². The minimum absolute atomic E-state index is 0.00615. The lowest BCUT2D eigenvalue weighted by molar-refractivity contribution is -0.141. The number of hydrogen-bond donors (Lipinski definition) is 0. The lowest BCUT2D eigenvalue weighted by Gasteiger charge is -2.10. The van der Waals surface area contributed by atoms with E-state index in [0.717, 1.165) is 39.5 Å². The van der Waals surface area contributed by atoms with Crippen LogP contribution in [0.5, 0.6) is 0 Å². The van der Waals surface area contributed by atoms with Crippen LogP contribution in [0.25, 0.3) is 27.8 Å². The van der Waals surface area contributed by atoms with E-state index in [-0.39, 0.29) is 27.8 Å². The minimum Gasteiger partial charge on any atom is -0.296 e. The Kier molecular flexibility index (Phi) is 3.97. The first-order chi connectivity index (χ1) is 13.5. The van der Waals surface area contributed by atoms with Gasteiger partial charge in [0, 0.05) is 24.9 Å². The van der Waals surface area contributed by atoms with E-state index in [2.05, 4.69) is 10.1 Å². The lowest BCUT2D eigenvalue weighted by Crippen LogP contribution is -2.20. The fourth-order valence-corrected chi connectivity index (χ4v) is 3.02. The standard InChI is InChI=1S/C18H10F6N4O/c1-27-15-8-12(9-4-5-25-14(6-9)18(22,23)24)26-28(15)13-7-10(17(19,20)21)2-3-11(13)16(27)29/h2-8H,1H3. The summed E-state index contributed by atoms with van der Waals surface area (Å²) in [5.74, 6) is 0. The van der Waals surface area contributed by atoms with Gasteiger partial charge in [-0.1, -0.05) is 0 Å². The Balaban J connectivity index is 2.02. The molecule has 0 unspecified atom stereocenters. The molecule has 4 aromatic rings. The summed E-state index contributed by atoms with van der Waals surface area (Å²) in [6.45, 7) is 0. The van der Waals surface area contributed by atoms with Crippen LogP contribution < -0.4 is 5.56 Å². The number of hydrogen-bond acceptors (Lipinski definition) is 3.